The van der Waals surface area contributed by atoms with Crippen LogP contribution in [0.2, 0.25) is 0 Å². The molecule has 0 amide bonds. The summed E-state index contributed by atoms with van der Waals surface area (Å²) < 4.78 is 111. The maximum atomic E-state index is 12.9. The second-order valence-corrected chi connectivity index (χ2v) is 3.38. The standard InChI is InChI=1S/C7H3F9N2/c8-4(9,1-2(17)3(1)18)5(10,11)6(12,13)7(14,15)16/h17H,18H2. The van der Waals surface area contributed by atoms with E-state index in [2.05, 4.69) is 5.73 Å². The normalized spacial score (nSPS) is 15.4. The van der Waals surface area contributed by atoms with Gasteiger partial charge in [0.2, 0.25) is 0 Å². The van der Waals surface area contributed by atoms with Gasteiger partial charge in [-0.3, -0.25) is 5.41 Å². The van der Waals surface area contributed by atoms with Gasteiger partial charge in [0.1, 0.15) is 0 Å². The first-order valence-corrected chi connectivity index (χ1v) is 3.99. The average Bonchev–Trinajstić information content (AvgIpc) is 2.72. The first kappa shape index (κ1) is 14.6. The molecule has 0 heterocycles. The van der Waals surface area contributed by atoms with E-state index in [-0.39, 0.29) is 0 Å². The van der Waals surface area contributed by atoms with E-state index in [1.807, 2.05) is 0 Å². The van der Waals surface area contributed by atoms with Crippen LogP contribution in [0.1, 0.15) is 5.56 Å². The van der Waals surface area contributed by atoms with E-state index in [0.717, 1.165) is 0 Å². The highest BCUT2D eigenvalue weighted by molar-refractivity contribution is 5.62. The maximum absolute atomic E-state index is 12.9. The van der Waals surface area contributed by atoms with Gasteiger partial charge in [-0.2, -0.15) is 39.5 Å². The fourth-order valence-electron chi connectivity index (χ4n) is 1.06. The van der Waals surface area contributed by atoms with Crippen molar-refractivity contribution in [2.75, 3.05) is 5.73 Å². The number of alkyl halides is 9. The summed E-state index contributed by atoms with van der Waals surface area (Å²) in [6, 6.07) is 0. The van der Waals surface area contributed by atoms with Gasteiger partial charge in [-0.15, -0.1) is 0 Å². The van der Waals surface area contributed by atoms with Gasteiger partial charge in [0.15, 0.2) is 0 Å². The van der Waals surface area contributed by atoms with Gasteiger partial charge in [0, 0.05) is 0 Å². The SMILES string of the molecule is N=c1c(N)c1C(F)(F)C(F)(F)C(F)(F)C(F)(F)F. The monoisotopic (exact) mass is 286 g/mol. The Kier molecular flexibility index (Phi) is 2.70. The zero-order chi connectivity index (χ0) is 14.7. The van der Waals surface area contributed by atoms with Crippen LogP contribution in [0.15, 0.2) is 0 Å². The molecule has 1 aromatic carbocycles. The predicted octanol–water partition coefficient (Wildman–Crippen LogP) is 2.55. The molecule has 11 heteroatoms. The Bertz CT molecular complexity index is 477. The van der Waals surface area contributed by atoms with E-state index in [4.69, 9.17) is 5.41 Å². The summed E-state index contributed by atoms with van der Waals surface area (Å²) in [5.41, 5.74) is 1.33. The summed E-state index contributed by atoms with van der Waals surface area (Å²) in [6.45, 7) is 0. The molecule has 0 saturated heterocycles. The lowest BCUT2D eigenvalue weighted by Gasteiger charge is -2.32. The molecule has 104 valence electrons. The van der Waals surface area contributed by atoms with Gasteiger partial charge < -0.3 is 5.73 Å². The fourth-order valence-corrected chi connectivity index (χ4v) is 1.06. The molecule has 0 saturated carbocycles. The Balaban J connectivity index is 3.31. The summed E-state index contributed by atoms with van der Waals surface area (Å²) in [7, 11) is 0. The number of hydrogen-bond donors (Lipinski definition) is 2. The molecule has 1 rings (SSSR count). The topological polar surface area (TPSA) is 49.9 Å². The van der Waals surface area contributed by atoms with E-state index in [0.29, 0.717) is 0 Å². The minimum Gasteiger partial charge on any atom is -0.397 e. The highest BCUT2D eigenvalue weighted by Gasteiger charge is 2.83. The molecule has 0 atom stereocenters. The molecule has 0 aliphatic rings. The van der Waals surface area contributed by atoms with Crippen LogP contribution in [0, 0.1) is 5.41 Å². The van der Waals surface area contributed by atoms with Crippen LogP contribution >= 0.6 is 0 Å². The van der Waals surface area contributed by atoms with Gasteiger partial charge >= 0.3 is 23.9 Å². The molecule has 1 aromatic rings. The van der Waals surface area contributed by atoms with Crippen molar-refractivity contribution >= 4 is 5.69 Å². The van der Waals surface area contributed by atoms with Crippen molar-refractivity contribution in [3.05, 3.63) is 10.9 Å². The van der Waals surface area contributed by atoms with Crippen LogP contribution in [0.5, 0.6) is 0 Å². The molecule has 0 fully saturated rings. The van der Waals surface area contributed by atoms with Crippen molar-refractivity contribution in [1.29, 1.82) is 5.41 Å². The van der Waals surface area contributed by atoms with Gasteiger partial charge in [0.25, 0.3) is 0 Å². The van der Waals surface area contributed by atoms with Crippen LogP contribution in [0.25, 0.3) is 0 Å². The summed E-state index contributed by atoms with van der Waals surface area (Å²) in [6.07, 6.45) is -6.87. The Labute approximate surface area is 92.4 Å². The highest BCUT2D eigenvalue weighted by Crippen LogP contribution is 2.57. The zero-order valence-corrected chi connectivity index (χ0v) is 7.98. The molecular weight excluding hydrogens is 283 g/mol. The Morgan fingerprint density at radius 3 is 1.33 bits per heavy atom. The second-order valence-electron chi connectivity index (χ2n) is 3.38. The third-order valence-corrected chi connectivity index (χ3v) is 2.18. The molecule has 3 N–H and O–H groups in total. The lowest BCUT2D eigenvalue weighted by Crippen LogP contribution is -2.59. The van der Waals surface area contributed by atoms with Crippen molar-refractivity contribution in [3.63, 3.8) is 0 Å². The van der Waals surface area contributed by atoms with Crippen molar-refractivity contribution in [2.24, 2.45) is 0 Å². The lowest BCUT2D eigenvalue weighted by molar-refractivity contribution is -0.399. The number of nitrogens with one attached hydrogen (secondary N) is 1. The number of rotatable bonds is 3. The number of anilines is 1. The molecule has 0 unspecified atom stereocenters. The summed E-state index contributed by atoms with van der Waals surface area (Å²) >= 11 is 0. The minimum absolute atomic E-state index is 1.22. The molecule has 0 bridgehead atoms. The van der Waals surface area contributed by atoms with Crippen LogP contribution in [0.4, 0.5) is 45.2 Å². The number of halogens is 9. The largest absolute Gasteiger partial charge is 0.460 e. The first-order valence-electron chi connectivity index (χ1n) is 3.99. The van der Waals surface area contributed by atoms with E-state index in [1.54, 1.807) is 0 Å². The molecule has 0 spiro atoms. The first-order chi connectivity index (χ1) is 7.69. The van der Waals surface area contributed by atoms with Crippen LogP contribution in [-0.2, 0) is 5.92 Å². The highest BCUT2D eigenvalue weighted by atomic mass is 19.4. The van der Waals surface area contributed by atoms with E-state index in [1.165, 1.54) is 0 Å². The molecule has 18 heavy (non-hydrogen) atoms. The van der Waals surface area contributed by atoms with Gasteiger partial charge in [-0.1, -0.05) is 0 Å². The molecule has 0 aliphatic carbocycles. The number of nitrogen functional groups attached to an aromatic ring is 1. The molecule has 0 aromatic heterocycles. The van der Waals surface area contributed by atoms with Gasteiger partial charge in [-0.25, -0.2) is 0 Å². The Hall–Kier alpha value is -1.42. The van der Waals surface area contributed by atoms with Gasteiger partial charge in [-0.05, 0) is 0 Å². The Morgan fingerprint density at radius 1 is 0.778 bits per heavy atom. The van der Waals surface area contributed by atoms with E-state index < -0.39 is 40.6 Å². The number of hydrogen-bond acceptors (Lipinski definition) is 2. The van der Waals surface area contributed by atoms with Crippen LogP contribution in [0.3, 0.4) is 0 Å². The maximum Gasteiger partial charge on any atom is 0.460 e. The van der Waals surface area contributed by atoms with Crippen molar-refractivity contribution in [3.8, 4) is 0 Å². The molecule has 0 aliphatic heterocycles. The molecule has 2 nitrogen and oxygen atoms in total. The van der Waals surface area contributed by atoms with Crippen molar-refractivity contribution < 1.29 is 39.5 Å². The van der Waals surface area contributed by atoms with Crippen molar-refractivity contribution in [2.45, 2.75) is 23.9 Å². The molecule has 0 radical (unpaired) electrons. The quantitative estimate of drug-likeness (QED) is 0.824. The predicted molar refractivity (Wildman–Crippen MR) is 38.9 cm³/mol. The molecular formula is C7H3F9N2. The smallest absolute Gasteiger partial charge is 0.397 e. The third-order valence-electron chi connectivity index (χ3n) is 2.18. The van der Waals surface area contributed by atoms with Crippen LogP contribution < -0.4 is 11.1 Å². The van der Waals surface area contributed by atoms with Crippen LogP contribution in [-0.4, -0.2) is 18.0 Å². The lowest BCUT2D eigenvalue weighted by atomic mass is 10.0. The average molecular weight is 286 g/mol. The van der Waals surface area contributed by atoms with E-state index in [9.17, 15) is 39.5 Å². The second kappa shape index (κ2) is 3.32. The minimum atomic E-state index is -6.96. The van der Waals surface area contributed by atoms with E-state index >= 15 is 0 Å². The summed E-state index contributed by atoms with van der Waals surface area (Å²) in [5.74, 6) is -19.6. The Morgan fingerprint density at radius 2 is 1.11 bits per heavy atom. The summed E-state index contributed by atoms with van der Waals surface area (Å²) in [4.78, 5) is 0. The fraction of sp³-hybridized carbons (Fsp3) is 0.571. The van der Waals surface area contributed by atoms with Gasteiger partial charge in [0.05, 0.1) is 16.6 Å². The third kappa shape index (κ3) is 1.56. The zero-order valence-electron chi connectivity index (χ0n) is 7.98. The number of nitrogens with two attached hydrogens (primary N) is 1. The summed E-state index contributed by atoms with van der Waals surface area (Å²) in [5, 5.41) is 5.17. The van der Waals surface area contributed by atoms with Crippen molar-refractivity contribution in [1.82, 2.24) is 0 Å².